The number of rotatable bonds is 4. The van der Waals surface area contributed by atoms with Gasteiger partial charge in [0.2, 0.25) is 0 Å². The van der Waals surface area contributed by atoms with Crippen LogP contribution in [0.25, 0.3) is 0 Å². The molecular formula is C12H15ClN2O2. The van der Waals surface area contributed by atoms with Crippen molar-refractivity contribution < 1.29 is 4.92 Å². The fraction of sp³-hybridized carbons (Fsp3) is 0.500. The summed E-state index contributed by atoms with van der Waals surface area (Å²) >= 11 is 5.77. The zero-order chi connectivity index (χ0) is 12.6. The average molecular weight is 255 g/mol. The van der Waals surface area contributed by atoms with Gasteiger partial charge in [0.05, 0.1) is 4.92 Å². The third-order valence-electron chi connectivity index (χ3n) is 3.21. The van der Waals surface area contributed by atoms with Gasteiger partial charge in [-0.05, 0) is 44.7 Å². The van der Waals surface area contributed by atoms with Crippen molar-refractivity contribution in [1.82, 2.24) is 0 Å². The first-order valence-corrected chi connectivity index (χ1v) is 6.00. The van der Waals surface area contributed by atoms with E-state index in [4.69, 9.17) is 11.6 Å². The number of anilines is 1. The van der Waals surface area contributed by atoms with Crippen LogP contribution in [0.15, 0.2) is 18.2 Å². The highest BCUT2D eigenvalue weighted by Crippen LogP contribution is 2.42. The predicted octanol–water partition coefficient (Wildman–Crippen LogP) is 3.85. The fourth-order valence-corrected chi connectivity index (χ4v) is 2.18. The molecule has 17 heavy (non-hydrogen) atoms. The molecule has 0 saturated heterocycles. The van der Waals surface area contributed by atoms with Crippen molar-refractivity contribution in [2.75, 3.05) is 5.32 Å². The average Bonchev–Trinajstić information content (AvgIpc) is 3.03. The number of nitro groups is 1. The maximum Gasteiger partial charge on any atom is 0.293 e. The summed E-state index contributed by atoms with van der Waals surface area (Å²) in [6.45, 7) is 4.14. The van der Waals surface area contributed by atoms with Crippen LogP contribution in [0.2, 0.25) is 5.02 Å². The highest BCUT2D eigenvalue weighted by Gasteiger charge is 2.38. The molecule has 1 aliphatic rings. The Morgan fingerprint density at radius 3 is 2.65 bits per heavy atom. The molecule has 0 heterocycles. The number of benzene rings is 1. The monoisotopic (exact) mass is 254 g/mol. The maximum atomic E-state index is 11.0. The molecule has 1 aromatic carbocycles. The SMILES string of the molecule is CC(C)(Nc1ccc(Cl)cc1[N+](=O)[O-])C1CC1. The third-order valence-corrected chi connectivity index (χ3v) is 3.45. The number of nitro benzene ring substituents is 1. The van der Waals surface area contributed by atoms with Gasteiger partial charge in [-0.3, -0.25) is 10.1 Å². The molecule has 0 bridgehead atoms. The van der Waals surface area contributed by atoms with Gasteiger partial charge in [-0.1, -0.05) is 11.6 Å². The number of hydrogen-bond donors (Lipinski definition) is 1. The van der Waals surface area contributed by atoms with Gasteiger partial charge in [0.15, 0.2) is 0 Å². The van der Waals surface area contributed by atoms with Crippen LogP contribution in [0.3, 0.4) is 0 Å². The van der Waals surface area contributed by atoms with E-state index in [0.29, 0.717) is 16.6 Å². The molecule has 0 radical (unpaired) electrons. The van der Waals surface area contributed by atoms with Crippen LogP contribution in [0.4, 0.5) is 11.4 Å². The van der Waals surface area contributed by atoms with Crippen LogP contribution in [0.1, 0.15) is 26.7 Å². The van der Waals surface area contributed by atoms with Crippen molar-refractivity contribution in [3.63, 3.8) is 0 Å². The maximum absolute atomic E-state index is 11.0. The summed E-state index contributed by atoms with van der Waals surface area (Å²) in [7, 11) is 0. The molecule has 2 rings (SSSR count). The largest absolute Gasteiger partial charge is 0.374 e. The molecular weight excluding hydrogens is 240 g/mol. The van der Waals surface area contributed by atoms with Gasteiger partial charge in [-0.15, -0.1) is 0 Å². The number of nitrogens with one attached hydrogen (secondary N) is 1. The Kier molecular flexibility index (Phi) is 3.00. The van der Waals surface area contributed by atoms with E-state index in [1.54, 1.807) is 12.1 Å². The Morgan fingerprint density at radius 2 is 2.12 bits per heavy atom. The van der Waals surface area contributed by atoms with Crippen molar-refractivity contribution in [2.45, 2.75) is 32.2 Å². The first-order valence-electron chi connectivity index (χ1n) is 5.62. The second-order valence-electron chi connectivity index (χ2n) is 5.04. The van der Waals surface area contributed by atoms with Gasteiger partial charge in [0.1, 0.15) is 5.69 Å². The quantitative estimate of drug-likeness (QED) is 0.656. The van der Waals surface area contributed by atoms with E-state index in [1.807, 2.05) is 0 Å². The van der Waals surface area contributed by atoms with E-state index in [-0.39, 0.29) is 11.2 Å². The lowest BCUT2D eigenvalue weighted by atomic mass is 9.98. The van der Waals surface area contributed by atoms with Crippen LogP contribution < -0.4 is 5.32 Å². The predicted molar refractivity (Wildman–Crippen MR) is 68.5 cm³/mol. The summed E-state index contributed by atoms with van der Waals surface area (Å²) in [5.74, 6) is 0.595. The van der Waals surface area contributed by atoms with Crippen molar-refractivity contribution in [3.05, 3.63) is 33.3 Å². The summed E-state index contributed by atoms with van der Waals surface area (Å²) in [5, 5.41) is 14.6. The van der Waals surface area contributed by atoms with Gasteiger partial charge < -0.3 is 5.32 Å². The lowest BCUT2D eigenvalue weighted by molar-refractivity contribution is -0.384. The van der Waals surface area contributed by atoms with E-state index in [1.165, 1.54) is 18.9 Å². The Morgan fingerprint density at radius 1 is 1.47 bits per heavy atom. The van der Waals surface area contributed by atoms with Gasteiger partial charge in [0, 0.05) is 16.6 Å². The highest BCUT2D eigenvalue weighted by molar-refractivity contribution is 6.30. The normalized spacial score (nSPS) is 15.7. The minimum atomic E-state index is -0.406. The molecule has 0 unspecified atom stereocenters. The van der Waals surface area contributed by atoms with Crippen LogP contribution in [0.5, 0.6) is 0 Å². The van der Waals surface area contributed by atoms with Crippen molar-refractivity contribution in [3.8, 4) is 0 Å². The Bertz CT molecular complexity index is 456. The Hall–Kier alpha value is -1.29. The number of hydrogen-bond acceptors (Lipinski definition) is 3. The van der Waals surface area contributed by atoms with Crippen LogP contribution in [-0.4, -0.2) is 10.5 Å². The molecule has 5 heteroatoms. The zero-order valence-electron chi connectivity index (χ0n) is 9.87. The van der Waals surface area contributed by atoms with E-state index in [2.05, 4.69) is 19.2 Å². The van der Waals surface area contributed by atoms with E-state index in [9.17, 15) is 10.1 Å². The molecule has 4 nitrogen and oxygen atoms in total. The van der Waals surface area contributed by atoms with E-state index in [0.717, 1.165) is 0 Å². The van der Waals surface area contributed by atoms with Gasteiger partial charge in [-0.2, -0.15) is 0 Å². The Balaban J connectivity index is 2.28. The molecule has 1 N–H and O–H groups in total. The summed E-state index contributed by atoms with van der Waals surface area (Å²) in [6.07, 6.45) is 2.36. The van der Waals surface area contributed by atoms with Crippen LogP contribution >= 0.6 is 11.6 Å². The minimum Gasteiger partial charge on any atom is -0.374 e. The van der Waals surface area contributed by atoms with Gasteiger partial charge in [0.25, 0.3) is 5.69 Å². The third kappa shape index (κ3) is 2.69. The molecule has 0 atom stereocenters. The fourth-order valence-electron chi connectivity index (χ4n) is 2.02. The summed E-state index contributed by atoms with van der Waals surface area (Å²) in [6, 6.07) is 4.72. The minimum absolute atomic E-state index is 0.0335. The zero-order valence-corrected chi connectivity index (χ0v) is 10.6. The smallest absolute Gasteiger partial charge is 0.293 e. The van der Waals surface area contributed by atoms with Crippen LogP contribution in [0, 0.1) is 16.0 Å². The lowest BCUT2D eigenvalue weighted by Gasteiger charge is -2.27. The summed E-state index contributed by atoms with van der Waals surface area (Å²) in [5.41, 5.74) is 0.459. The van der Waals surface area contributed by atoms with Gasteiger partial charge >= 0.3 is 0 Å². The molecule has 1 fully saturated rings. The highest BCUT2D eigenvalue weighted by atomic mass is 35.5. The lowest BCUT2D eigenvalue weighted by Crippen LogP contribution is -2.33. The molecule has 1 saturated carbocycles. The molecule has 0 aromatic heterocycles. The molecule has 0 aliphatic heterocycles. The number of nitrogens with zero attached hydrogens (tertiary/aromatic N) is 1. The molecule has 0 spiro atoms. The number of halogens is 1. The first kappa shape index (κ1) is 12.2. The van der Waals surface area contributed by atoms with E-state index < -0.39 is 4.92 Å². The van der Waals surface area contributed by atoms with Crippen molar-refractivity contribution >= 4 is 23.0 Å². The summed E-state index contributed by atoms with van der Waals surface area (Å²) in [4.78, 5) is 10.5. The van der Waals surface area contributed by atoms with Gasteiger partial charge in [-0.25, -0.2) is 0 Å². The molecule has 1 aromatic rings. The molecule has 92 valence electrons. The van der Waals surface area contributed by atoms with Crippen molar-refractivity contribution in [1.29, 1.82) is 0 Å². The van der Waals surface area contributed by atoms with Crippen LogP contribution in [-0.2, 0) is 0 Å². The standard InChI is InChI=1S/C12H15ClN2O2/c1-12(2,8-3-4-8)14-10-6-5-9(13)7-11(10)15(16)17/h5-8,14H,3-4H2,1-2H3. The Labute approximate surface area is 105 Å². The second kappa shape index (κ2) is 4.18. The summed E-state index contributed by atoms with van der Waals surface area (Å²) < 4.78 is 0. The molecule has 1 aliphatic carbocycles. The van der Waals surface area contributed by atoms with Crippen molar-refractivity contribution in [2.24, 2.45) is 5.92 Å². The topological polar surface area (TPSA) is 55.2 Å². The first-order chi connectivity index (χ1) is 7.90. The van der Waals surface area contributed by atoms with E-state index >= 15 is 0 Å². The molecule has 0 amide bonds. The second-order valence-corrected chi connectivity index (χ2v) is 5.48.